The molecule has 0 aliphatic carbocycles. The molecule has 0 N–H and O–H groups in total. The van der Waals surface area contributed by atoms with Crippen LogP contribution in [0, 0.1) is 5.92 Å². The van der Waals surface area contributed by atoms with Crippen LogP contribution in [0.1, 0.15) is 62.1 Å². The van der Waals surface area contributed by atoms with Gasteiger partial charge in [0, 0.05) is 24.4 Å². The number of ether oxygens (including phenoxy) is 1. The Labute approximate surface area is 190 Å². The fourth-order valence-electron chi connectivity index (χ4n) is 4.10. The highest BCUT2D eigenvalue weighted by atomic mass is 32.1. The molecule has 0 saturated carbocycles. The Bertz CT molecular complexity index is 875. The second-order valence-electron chi connectivity index (χ2n) is 8.58. The normalized spacial score (nSPS) is 15.6. The zero-order valence-corrected chi connectivity index (χ0v) is 19.9. The van der Waals surface area contributed by atoms with Gasteiger partial charge in [-0.05, 0) is 53.5 Å². The van der Waals surface area contributed by atoms with Crippen LogP contribution in [0.3, 0.4) is 0 Å². The van der Waals surface area contributed by atoms with Crippen molar-refractivity contribution in [2.45, 2.75) is 52.5 Å². The van der Waals surface area contributed by atoms with Crippen LogP contribution < -0.4 is 4.74 Å². The van der Waals surface area contributed by atoms with Gasteiger partial charge in [-0.25, -0.2) is 0 Å². The summed E-state index contributed by atoms with van der Waals surface area (Å²) in [7, 11) is 1.65. The first-order chi connectivity index (χ1) is 14.9. The summed E-state index contributed by atoms with van der Waals surface area (Å²) in [5.74, 6) is 1.17. The van der Waals surface area contributed by atoms with Crippen LogP contribution in [0.2, 0.25) is 0 Å². The van der Waals surface area contributed by atoms with Crippen molar-refractivity contribution in [3.05, 3.63) is 51.7 Å². The van der Waals surface area contributed by atoms with Crippen molar-refractivity contribution >= 4 is 23.2 Å². The van der Waals surface area contributed by atoms with E-state index in [2.05, 4.69) is 18.4 Å². The number of rotatable bonds is 9. The van der Waals surface area contributed by atoms with Gasteiger partial charge in [-0.15, -0.1) is 11.3 Å². The van der Waals surface area contributed by atoms with Crippen LogP contribution in [0.4, 0.5) is 0 Å². The lowest BCUT2D eigenvalue weighted by Crippen LogP contribution is -2.47. The molecule has 2 heterocycles. The number of methoxy groups -OCH3 is 1. The van der Waals surface area contributed by atoms with E-state index in [1.807, 2.05) is 43.0 Å². The predicted molar refractivity (Wildman–Crippen MR) is 126 cm³/mol. The van der Waals surface area contributed by atoms with Gasteiger partial charge in [-0.2, -0.15) is 0 Å². The molecular formula is C25H34N2O3S. The van der Waals surface area contributed by atoms with E-state index in [4.69, 9.17) is 4.74 Å². The van der Waals surface area contributed by atoms with Crippen molar-refractivity contribution in [3.63, 3.8) is 0 Å². The highest BCUT2D eigenvalue weighted by molar-refractivity contribution is 7.10. The summed E-state index contributed by atoms with van der Waals surface area (Å²) in [4.78, 5) is 31.4. The number of carbonyl (C=O) groups excluding carboxylic acids is 2. The third kappa shape index (κ3) is 5.67. The van der Waals surface area contributed by atoms with E-state index >= 15 is 0 Å². The Morgan fingerprint density at radius 2 is 1.97 bits per heavy atom. The molecule has 3 rings (SSSR count). The van der Waals surface area contributed by atoms with Gasteiger partial charge in [0.25, 0.3) is 0 Å². The number of amides is 2. The zero-order chi connectivity index (χ0) is 22.4. The van der Waals surface area contributed by atoms with Gasteiger partial charge in [-0.1, -0.05) is 39.3 Å². The van der Waals surface area contributed by atoms with E-state index in [1.165, 1.54) is 10.4 Å². The van der Waals surface area contributed by atoms with Crippen LogP contribution in [0.15, 0.2) is 35.7 Å². The smallest absolute Gasteiger partial charge is 0.242 e. The molecule has 0 bridgehead atoms. The van der Waals surface area contributed by atoms with Gasteiger partial charge >= 0.3 is 0 Å². The summed E-state index contributed by atoms with van der Waals surface area (Å²) in [6.07, 6.45) is 3.25. The van der Waals surface area contributed by atoms with Gasteiger partial charge in [0.05, 0.1) is 19.7 Å². The molecule has 1 aliphatic heterocycles. The van der Waals surface area contributed by atoms with Crippen LogP contribution in [-0.2, 0) is 16.0 Å². The number of benzene rings is 1. The molecule has 31 heavy (non-hydrogen) atoms. The summed E-state index contributed by atoms with van der Waals surface area (Å²) in [6, 6.07) is 9.97. The molecule has 0 fully saturated rings. The van der Waals surface area contributed by atoms with Gasteiger partial charge in [0.1, 0.15) is 5.75 Å². The van der Waals surface area contributed by atoms with Crippen molar-refractivity contribution in [1.29, 1.82) is 0 Å². The van der Waals surface area contributed by atoms with Crippen molar-refractivity contribution in [2.75, 3.05) is 26.7 Å². The Morgan fingerprint density at radius 1 is 1.23 bits per heavy atom. The van der Waals surface area contributed by atoms with Crippen molar-refractivity contribution < 1.29 is 14.3 Å². The van der Waals surface area contributed by atoms with Crippen molar-refractivity contribution in [3.8, 4) is 5.75 Å². The van der Waals surface area contributed by atoms with Gasteiger partial charge in [-0.3, -0.25) is 9.59 Å². The van der Waals surface area contributed by atoms with Gasteiger partial charge in [0.15, 0.2) is 0 Å². The molecule has 1 aromatic carbocycles. The summed E-state index contributed by atoms with van der Waals surface area (Å²) >= 11 is 1.75. The van der Waals surface area contributed by atoms with Crippen LogP contribution in [0.25, 0.3) is 0 Å². The maximum atomic E-state index is 13.5. The number of thiophene rings is 1. The molecule has 6 heteroatoms. The summed E-state index contributed by atoms with van der Waals surface area (Å²) in [6.45, 7) is 7.65. The average molecular weight is 443 g/mol. The molecular weight excluding hydrogens is 408 g/mol. The number of fused-ring (bicyclic) bond motifs is 1. The first-order valence-corrected chi connectivity index (χ1v) is 12.1. The monoisotopic (exact) mass is 442 g/mol. The number of nitrogens with zero attached hydrogens (tertiary/aromatic N) is 2. The molecule has 168 valence electrons. The Kier molecular flexibility index (Phi) is 8.13. The summed E-state index contributed by atoms with van der Waals surface area (Å²) in [5.41, 5.74) is 2.27. The lowest BCUT2D eigenvalue weighted by atomic mass is 9.93. The number of hydrogen-bond donors (Lipinski definition) is 0. The third-order valence-electron chi connectivity index (χ3n) is 5.76. The molecule has 5 nitrogen and oxygen atoms in total. The first kappa shape index (κ1) is 23.3. The van der Waals surface area contributed by atoms with Crippen LogP contribution in [0.5, 0.6) is 5.75 Å². The van der Waals surface area contributed by atoms with Crippen molar-refractivity contribution in [1.82, 2.24) is 9.80 Å². The second-order valence-corrected chi connectivity index (χ2v) is 9.58. The van der Waals surface area contributed by atoms with Crippen LogP contribution >= 0.6 is 11.3 Å². The molecule has 0 spiro atoms. The van der Waals surface area contributed by atoms with Crippen LogP contribution in [-0.4, -0.2) is 48.4 Å². The fourth-order valence-corrected chi connectivity index (χ4v) is 5.01. The minimum absolute atomic E-state index is 0.0193. The zero-order valence-electron chi connectivity index (χ0n) is 19.1. The first-order valence-electron chi connectivity index (χ1n) is 11.2. The van der Waals surface area contributed by atoms with E-state index in [0.717, 1.165) is 30.6 Å². The molecule has 2 aromatic rings. The van der Waals surface area contributed by atoms with Gasteiger partial charge in [0.2, 0.25) is 11.8 Å². The minimum Gasteiger partial charge on any atom is -0.497 e. The molecule has 1 atom stereocenters. The highest BCUT2D eigenvalue weighted by Crippen LogP contribution is 2.38. The molecule has 2 amide bonds. The predicted octanol–water partition coefficient (Wildman–Crippen LogP) is 4.91. The van der Waals surface area contributed by atoms with E-state index in [9.17, 15) is 9.59 Å². The van der Waals surface area contributed by atoms with E-state index in [1.54, 1.807) is 23.3 Å². The van der Waals surface area contributed by atoms with Gasteiger partial charge < -0.3 is 14.5 Å². The van der Waals surface area contributed by atoms with E-state index in [-0.39, 0.29) is 30.3 Å². The highest BCUT2D eigenvalue weighted by Gasteiger charge is 2.34. The molecule has 1 aromatic heterocycles. The third-order valence-corrected chi connectivity index (χ3v) is 6.76. The molecule has 0 radical (unpaired) electrons. The lowest BCUT2D eigenvalue weighted by Gasteiger charge is -2.37. The number of hydrogen-bond acceptors (Lipinski definition) is 4. The summed E-state index contributed by atoms with van der Waals surface area (Å²) < 4.78 is 5.31. The quantitative estimate of drug-likeness (QED) is 0.555. The average Bonchev–Trinajstić information content (AvgIpc) is 3.24. The molecule has 0 saturated heterocycles. The Balaban J connectivity index is 1.85. The Hall–Kier alpha value is -2.34. The number of unbranched alkanes of at least 4 members (excludes halogenated alkanes) is 1. The maximum Gasteiger partial charge on any atom is 0.242 e. The van der Waals surface area contributed by atoms with Crippen molar-refractivity contribution in [2.24, 2.45) is 5.92 Å². The molecule has 1 unspecified atom stereocenters. The number of carbonyl (C=O) groups is 2. The Morgan fingerprint density at radius 3 is 2.61 bits per heavy atom. The second kappa shape index (κ2) is 10.8. The lowest BCUT2D eigenvalue weighted by molar-refractivity contribution is -0.142. The molecule has 1 aliphatic rings. The maximum absolute atomic E-state index is 13.5. The summed E-state index contributed by atoms with van der Waals surface area (Å²) in [5, 5.41) is 2.11. The standard InChI is InChI=1S/C25H34N2O3S/c1-5-6-13-26(23(28)16-18(2)3)17-24(29)27-14-11-22-21(12-15-31-22)25(27)19-7-9-20(30-4)10-8-19/h7-10,12,15,18,25H,5-6,11,13-14,16-17H2,1-4H3. The van der Waals surface area contributed by atoms with E-state index < -0.39 is 0 Å². The van der Waals surface area contributed by atoms with E-state index in [0.29, 0.717) is 19.5 Å². The topological polar surface area (TPSA) is 49.9 Å². The minimum atomic E-state index is -0.123. The fraction of sp³-hybridized carbons (Fsp3) is 0.520. The largest absolute Gasteiger partial charge is 0.497 e. The SMILES string of the molecule is CCCCN(CC(=O)N1CCc2sccc2C1c1ccc(OC)cc1)C(=O)CC(C)C.